The number of alkyl halides is 1. The Morgan fingerprint density at radius 2 is 1.79 bits per heavy atom. The van der Waals surface area contributed by atoms with Crippen LogP contribution < -0.4 is 0 Å². The van der Waals surface area contributed by atoms with Crippen molar-refractivity contribution in [3.63, 3.8) is 0 Å². The van der Waals surface area contributed by atoms with Crippen molar-refractivity contribution in [3.05, 3.63) is 69.5 Å². The minimum absolute atomic E-state index is 0.243. The minimum Gasteiger partial charge on any atom is -0.207 e. The van der Waals surface area contributed by atoms with Crippen LogP contribution in [0, 0.1) is 19.7 Å². The van der Waals surface area contributed by atoms with E-state index in [0.717, 1.165) is 22.3 Å². The van der Waals surface area contributed by atoms with Gasteiger partial charge in [0.1, 0.15) is 5.82 Å². The Hall–Kier alpha value is -1.05. The Labute approximate surface area is 123 Å². The molecule has 0 aliphatic carbocycles. The van der Waals surface area contributed by atoms with Crippen LogP contribution >= 0.6 is 23.2 Å². The molecule has 3 heteroatoms. The molecule has 0 aliphatic heterocycles. The molecule has 2 rings (SSSR count). The third kappa shape index (κ3) is 3.49. The Morgan fingerprint density at radius 3 is 2.47 bits per heavy atom. The highest BCUT2D eigenvalue weighted by molar-refractivity contribution is 6.32. The normalized spacial score (nSPS) is 12.5. The van der Waals surface area contributed by atoms with Gasteiger partial charge in [-0.3, -0.25) is 0 Å². The van der Waals surface area contributed by atoms with E-state index in [9.17, 15) is 4.39 Å². The maximum Gasteiger partial charge on any atom is 0.123 e. The maximum absolute atomic E-state index is 13.1. The fourth-order valence-corrected chi connectivity index (χ4v) is 2.79. The molecule has 0 aliphatic rings. The monoisotopic (exact) mass is 296 g/mol. The number of aryl methyl sites for hydroxylation is 2. The van der Waals surface area contributed by atoms with Crippen molar-refractivity contribution >= 4 is 23.2 Å². The summed E-state index contributed by atoms with van der Waals surface area (Å²) in [5.74, 6) is -0.243. The predicted molar refractivity (Wildman–Crippen MR) is 79.6 cm³/mol. The molecule has 1 atom stereocenters. The smallest absolute Gasteiger partial charge is 0.123 e. The number of halogens is 3. The van der Waals surface area contributed by atoms with Crippen molar-refractivity contribution in [2.24, 2.45) is 0 Å². The summed E-state index contributed by atoms with van der Waals surface area (Å²) >= 11 is 12.7. The maximum atomic E-state index is 13.1. The van der Waals surface area contributed by atoms with E-state index in [1.807, 2.05) is 32.0 Å². The summed E-state index contributed by atoms with van der Waals surface area (Å²) < 4.78 is 13.1. The SMILES string of the molecule is Cc1cc(Cl)c(C(Cl)Cc2cccc(F)c2)cc1C. The largest absolute Gasteiger partial charge is 0.207 e. The van der Waals surface area contributed by atoms with Crippen molar-refractivity contribution in [2.75, 3.05) is 0 Å². The highest BCUT2D eigenvalue weighted by Crippen LogP contribution is 2.32. The van der Waals surface area contributed by atoms with Crippen LogP contribution in [-0.4, -0.2) is 0 Å². The Kier molecular flexibility index (Phi) is 4.49. The standard InChI is InChI=1S/C16H15Cl2F/c1-10-6-14(15(17)7-11(10)2)16(18)9-12-4-3-5-13(19)8-12/h3-8,16H,9H2,1-2H3. The zero-order valence-corrected chi connectivity index (χ0v) is 12.4. The first-order valence-electron chi connectivity index (χ1n) is 6.12. The highest BCUT2D eigenvalue weighted by atomic mass is 35.5. The third-order valence-electron chi connectivity index (χ3n) is 3.25. The van der Waals surface area contributed by atoms with Crippen molar-refractivity contribution < 1.29 is 4.39 Å². The zero-order chi connectivity index (χ0) is 14.0. The van der Waals surface area contributed by atoms with Crippen LogP contribution in [0.5, 0.6) is 0 Å². The van der Waals surface area contributed by atoms with Gasteiger partial charge in [-0.15, -0.1) is 11.6 Å². The predicted octanol–water partition coefficient (Wildman–Crippen LogP) is 5.62. The Bertz CT molecular complexity index is 593. The molecule has 0 bridgehead atoms. The fraction of sp³-hybridized carbons (Fsp3) is 0.250. The summed E-state index contributed by atoms with van der Waals surface area (Å²) in [6, 6.07) is 10.4. The van der Waals surface area contributed by atoms with E-state index in [4.69, 9.17) is 23.2 Å². The summed E-state index contributed by atoms with van der Waals surface area (Å²) in [5.41, 5.74) is 4.07. The summed E-state index contributed by atoms with van der Waals surface area (Å²) in [7, 11) is 0. The van der Waals surface area contributed by atoms with E-state index in [1.54, 1.807) is 6.07 Å². The summed E-state index contributed by atoms with van der Waals surface area (Å²) in [6.07, 6.45) is 0.557. The molecule has 100 valence electrons. The molecular weight excluding hydrogens is 282 g/mol. The van der Waals surface area contributed by atoms with Crippen LogP contribution in [0.25, 0.3) is 0 Å². The van der Waals surface area contributed by atoms with Crippen LogP contribution in [0.2, 0.25) is 5.02 Å². The molecule has 0 spiro atoms. The van der Waals surface area contributed by atoms with Gasteiger partial charge in [0.05, 0.1) is 5.38 Å². The first-order valence-corrected chi connectivity index (χ1v) is 6.94. The van der Waals surface area contributed by atoms with Crippen molar-refractivity contribution in [3.8, 4) is 0 Å². The van der Waals surface area contributed by atoms with Gasteiger partial charge in [0.15, 0.2) is 0 Å². The molecular formula is C16H15Cl2F. The molecule has 0 saturated carbocycles. The van der Waals surface area contributed by atoms with E-state index in [-0.39, 0.29) is 11.2 Å². The van der Waals surface area contributed by atoms with Crippen LogP contribution in [0.4, 0.5) is 4.39 Å². The van der Waals surface area contributed by atoms with Gasteiger partial charge in [-0.2, -0.15) is 0 Å². The molecule has 2 aromatic carbocycles. The molecule has 0 radical (unpaired) electrons. The first kappa shape index (κ1) is 14.4. The number of benzene rings is 2. The number of rotatable bonds is 3. The lowest BCUT2D eigenvalue weighted by Gasteiger charge is -2.14. The van der Waals surface area contributed by atoms with Gasteiger partial charge in [-0.25, -0.2) is 4.39 Å². The van der Waals surface area contributed by atoms with Crippen LogP contribution in [0.15, 0.2) is 36.4 Å². The van der Waals surface area contributed by atoms with Gasteiger partial charge < -0.3 is 0 Å². The molecule has 2 aromatic rings. The van der Waals surface area contributed by atoms with Gasteiger partial charge in [-0.1, -0.05) is 29.8 Å². The zero-order valence-electron chi connectivity index (χ0n) is 10.9. The van der Waals surface area contributed by atoms with Crippen LogP contribution in [0.3, 0.4) is 0 Å². The molecule has 0 aromatic heterocycles. The van der Waals surface area contributed by atoms with Crippen molar-refractivity contribution in [1.82, 2.24) is 0 Å². The molecule has 0 amide bonds. The van der Waals surface area contributed by atoms with Crippen molar-refractivity contribution in [2.45, 2.75) is 25.6 Å². The molecule has 0 nitrogen and oxygen atoms in total. The lowest BCUT2D eigenvalue weighted by Crippen LogP contribution is -1.99. The number of hydrogen-bond acceptors (Lipinski definition) is 0. The Morgan fingerprint density at radius 1 is 1.11 bits per heavy atom. The van der Waals surface area contributed by atoms with Crippen molar-refractivity contribution in [1.29, 1.82) is 0 Å². The summed E-state index contributed by atoms with van der Waals surface area (Å²) in [4.78, 5) is 0. The van der Waals surface area contributed by atoms with Gasteiger partial charge in [-0.05, 0) is 60.7 Å². The Balaban J connectivity index is 2.25. The fourth-order valence-electron chi connectivity index (χ4n) is 2.02. The topological polar surface area (TPSA) is 0 Å². The second-order valence-electron chi connectivity index (χ2n) is 4.76. The quantitative estimate of drug-likeness (QED) is 0.645. The van der Waals surface area contributed by atoms with Crippen LogP contribution in [-0.2, 0) is 6.42 Å². The lowest BCUT2D eigenvalue weighted by molar-refractivity contribution is 0.625. The molecule has 0 N–H and O–H groups in total. The second kappa shape index (κ2) is 5.94. The highest BCUT2D eigenvalue weighted by Gasteiger charge is 2.14. The van der Waals surface area contributed by atoms with E-state index >= 15 is 0 Å². The van der Waals surface area contributed by atoms with E-state index < -0.39 is 0 Å². The molecule has 0 fully saturated rings. The van der Waals surface area contributed by atoms with Crippen LogP contribution in [0.1, 0.15) is 27.6 Å². The third-order valence-corrected chi connectivity index (χ3v) is 3.97. The molecule has 19 heavy (non-hydrogen) atoms. The minimum atomic E-state index is -0.256. The van der Waals surface area contributed by atoms with Gasteiger partial charge >= 0.3 is 0 Å². The molecule has 0 saturated heterocycles. The van der Waals surface area contributed by atoms with Gasteiger partial charge in [0.2, 0.25) is 0 Å². The summed E-state index contributed by atoms with van der Waals surface area (Å²) in [5, 5.41) is 0.410. The van der Waals surface area contributed by atoms with E-state index in [0.29, 0.717) is 11.4 Å². The lowest BCUT2D eigenvalue weighted by atomic mass is 10.00. The molecule has 0 heterocycles. The first-order chi connectivity index (χ1) is 8.97. The van der Waals surface area contributed by atoms with Gasteiger partial charge in [0, 0.05) is 5.02 Å². The average Bonchev–Trinajstić information content (AvgIpc) is 2.33. The van der Waals surface area contributed by atoms with E-state index in [2.05, 4.69) is 0 Å². The molecule has 1 unspecified atom stereocenters. The second-order valence-corrected chi connectivity index (χ2v) is 5.69. The van der Waals surface area contributed by atoms with Gasteiger partial charge in [0.25, 0.3) is 0 Å². The number of hydrogen-bond donors (Lipinski definition) is 0. The average molecular weight is 297 g/mol. The van der Waals surface area contributed by atoms with E-state index in [1.165, 1.54) is 12.1 Å². The summed E-state index contributed by atoms with van der Waals surface area (Å²) in [6.45, 7) is 4.04.